The van der Waals surface area contributed by atoms with Crippen LogP contribution >= 0.6 is 0 Å². The van der Waals surface area contributed by atoms with E-state index < -0.39 is 0 Å². The first-order chi connectivity index (χ1) is 11.8. The number of carbonyl (C=O) groups excluding carboxylic acids is 2. The van der Waals surface area contributed by atoms with Crippen molar-refractivity contribution in [2.45, 2.75) is 20.3 Å². The molecule has 0 amide bonds. The second-order valence-corrected chi connectivity index (χ2v) is 5.86. The van der Waals surface area contributed by atoms with Crippen molar-refractivity contribution in [3.63, 3.8) is 0 Å². The van der Waals surface area contributed by atoms with Crippen LogP contribution in [-0.4, -0.2) is 21.8 Å². The monoisotopic (exact) mass is 336 g/mol. The van der Waals surface area contributed by atoms with Crippen molar-refractivity contribution in [2.75, 3.05) is 0 Å². The molecule has 0 spiro atoms. The number of phenols is 2. The maximum absolute atomic E-state index is 11.9. The third kappa shape index (κ3) is 5.46. The summed E-state index contributed by atoms with van der Waals surface area (Å²) in [4.78, 5) is 23.8. The van der Waals surface area contributed by atoms with E-state index in [0.717, 1.165) is 22.3 Å². The number of allylic oxidation sites excluding steroid dienone is 2. The molecule has 0 aromatic heterocycles. The number of hydrogen-bond donors (Lipinski definition) is 2. The lowest BCUT2D eigenvalue weighted by Crippen LogP contribution is -2.02. The van der Waals surface area contributed by atoms with Gasteiger partial charge >= 0.3 is 0 Å². The van der Waals surface area contributed by atoms with Crippen LogP contribution in [0.5, 0.6) is 11.5 Å². The summed E-state index contributed by atoms with van der Waals surface area (Å²) in [5, 5.41) is 18.7. The number of ketones is 2. The van der Waals surface area contributed by atoms with Crippen LogP contribution in [0.2, 0.25) is 0 Å². The third-order valence-corrected chi connectivity index (χ3v) is 3.75. The molecule has 2 rings (SSSR count). The van der Waals surface area contributed by atoms with Gasteiger partial charge in [0.15, 0.2) is 11.6 Å². The van der Waals surface area contributed by atoms with Crippen LogP contribution in [0.25, 0.3) is 12.2 Å². The topological polar surface area (TPSA) is 74.6 Å². The van der Waals surface area contributed by atoms with Crippen molar-refractivity contribution < 1.29 is 19.8 Å². The minimum Gasteiger partial charge on any atom is -0.508 e. The summed E-state index contributed by atoms with van der Waals surface area (Å²) >= 11 is 0. The highest BCUT2D eigenvalue weighted by Crippen LogP contribution is 2.18. The molecule has 0 saturated heterocycles. The van der Waals surface area contributed by atoms with E-state index in [4.69, 9.17) is 0 Å². The van der Waals surface area contributed by atoms with Gasteiger partial charge in [0, 0.05) is 0 Å². The molecule has 128 valence electrons. The maximum atomic E-state index is 11.9. The fraction of sp³-hybridized carbons (Fsp3) is 0.143. The summed E-state index contributed by atoms with van der Waals surface area (Å²) in [5.74, 6) is -0.231. The van der Waals surface area contributed by atoms with E-state index in [0.29, 0.717) is 0 Å². The lowest BCUT2D eigenvalue weighted by molar-refractivity contribution is -0.121. The Morgan fingerprint density at radius 2 is 1.20 bits per heavy atom. The Kier molecular flexibility index (Phi) is 5.90. The third-order valence-electron chi connectivity index (χ3n) is 3.75. The number of carbonyl (C=O) groups is 2. The fourth-order valence-electron chi connectivity index (χ4n) is 2.35. The molecule has 25 heavy (non-hydrogen) atoms. The predicted molar refractivity (Wildman–Crippen MR) is 98.4 cm³/mol. The number of benzene rings is 2. The lowest BCUT2D eigenvalue weighted by atomic mass is 10.1. The van der Waals surface area contributed by atoms with Gasteiger partial charge in [-0.15, -0.1) is 0 Å². The molecule has 2 aromatic carbocycles. The van der Waals surface area contributed by atoms with Gasteiger partial charge in [0.1, 0.15) is 11.5 Å². The predicted octanol–water partition coefficient (Wildman–Crippen LogP) is 3.97. The van der Waals surface area contributed by atoms with E-state index in [1.807, 2.05) is 13.8 Å². The molecule has 0 radical (unpaired) electrons. The first kappa shape index (κ1) is 18.2. The molecule has 0 saturated carbocycles. The number of phenolic OH excluding ortho intramolecular Hbond substituents is 2. The van der Waals surface area contributed by atoms with Crippen LogP contribution in [0.1, 0.15) is 28.7 Å². The number of hydrogen-bond acceptors (Lipinski definition) is 4. The molecule has 0 aliphatic rings. The molecular formula is C21H20O4. The van der Waals surface area contributed by atoms with E-state index in [1.54, 1.807) is 48.6 Å². The zero-order valence-corrected chi connectivity index (χ0v) is 14.2. The van der Waals surface area contributed by atoms with Crippen LogP contribution in [0.15, 0.2) is 48.6 Å². The summed E-state index contributed by atoms with van der Waals surface area (Å²) in [5.41, 5.74) is 3.32. The highest BCUT2D eigenvalue weighted by atomic mass is 16.3. The molecule has 0 unspecified atom stereocenters. The van der Waals surface area contributed by atoms with Crippen molar-refractivity contribution in [3.8, 4) is 11.5 Å². The molecule has 0 atom stereocenters. The summed E-state index contributed by atoms with van der Waals surface area (Å²) in [7, 11) is 0. The molecule has 0 bridgehead atoms. The summed E-state index contributed by atoms with van der Waals surface area (Å²) in [6.07, 6.45) is 5.81. The molecule has 2 aromatic rings. The molecule has 4 heteroatoms. The average molecular weight is 336 g/mol. The van der Waals surface area contributed by atoms with Crippen molar-refractivity contribution in [1.29, 1.82) is 0 Å². The van der Waals surface area contributed by atoms with Gasteiger partial charge < -0.3 is 10.2 Å². The first-order valence-corrected chi connectivity index (χ1v) is 7.86. The summed E-state index contributed by atoms with van der Waals surface area (Å²) in [6.45, 7) is 3.66. The summed E-state index contributed by atoms with van der Waals surface area (Å²) < 4.78 is 0. The van der Waals surface area contributed by atoms with Gasteiger partial charge in [-0.3, -0.25) is 9.59 Å². The number of aromatic hydroxyl groups is 2. The highest BCUT2D eigenvalue weighted by Gasteiger charge is 2.05. The molecule has 0 aliphatic heterocycles. The second-order valence-electron chi connectivity index (χ2n) is 5.86. The average Bonchev–Trinajstić information content (AvgIpc) is 2.53. The van der Waals surface area contributed by atoms with Crippen molar-refractivity contribution >= 4 is 23.7 Å². The Morgan fingerprint density at radius 3 is 1.56 bits per heavy atom. The Balaban J connectivity index is 1.96. The molecular weight excluding hydrogens is 316 g/mol. The molecule has 2 N–H and O–H groups in total. The Labute approximate surface area is 146 Å². The molecule has 4 nitrogen and oxygen atoms in total. The van der Waals surface area contributed by atoms with E-state index >= 15 is 0 Å². The molecule has 0 aliphatic carbocycles. The normalized spacial score (nSPS) is 11.3. The van der Waals surface area contributed by atoms with Gasteiger partial charge in [-0.2, -0.15) is 0 Å². The number of aryl methyl sites for hydroxylation is 2. The number of rotatable bonds is 6. The van der Waals surface area contributed by atoms with Gasteiger partial charge in [0.2, 0.25) is 0 Å². The first-order valence-electron chi connectivity index (χ1n) is 7.86. The minimum atomic E-state index is -0.287. The van der Waals surface area contributed by atoms with Gasteiger partial charge in [-0.25, -0.2) is 0 Å². The van der Waals surface area contributed by atoms with Crippen LogP contribution in [-0.2, 0) is 9.59 Å². The zero-order valence-electron chi connectivity index (χ0n) is 14.2. The second kappa shape index (κ2) is 8.11. The van der Waals surface area contributed by atoms with E-state index in [9.17, 15) is 19.8 Å². The molecule has 0 fully saturated rings. The minimum absolute atomic E-state index is 0.172. The largest absolute Gasteiger partial charge is 0.508 e. The maximum Gasteiger partial charge on any atom is 0.163 e. The smallest absolute Gasteiger partial charge is 0.163 e. The van der Waals surface area contributed by atoms with Crippen LogP contribution in [0.3, 0.4) is 0 Å². The van der Waals surface area contributed by atoms with E-state index in [2.05, 4.69) is 0 Å². The van der Waals surface area contributed by atoms with Gasteiger partial charge in [-0.05, 0) is 72.5 Å². The van der Waals surface area contributed by atoms with Gasteiger partial charge in [0.05, 0.1) is 6.42 Å². The fourth-order valence-corrected chi connectivity index (χ4v) is 2.35. The Morgan fingerprint density at radius 1 is 0.800 bits per heavy atom. The van der Waals surface area contributed by atoms with Crippen molar-refractivity contribution in [2.24, 2.45) is 0 Å². The van der Waals surface area contributed by atoms with Crippen molar-refractivity contribution in [1.82, 2.24) is 0 Å². The summed E-state index contributed by atoms with van der Waals surface area (Å²) in [6, 6.07) is 9.74. The van der Waals surface area contributed by atoms with E-state index in [1.165, 1.54) is 12.2 Å². The quantitative estimate of drug-likeness (QED) is 0.618. The van der Waals surface area contributed by atoms with Crippen LogP contribution < -0.4 is 0 Å². The van der Waals surface area contributed by atoms with Crippen LogP contribution in [0, 0.1) is 13.8 Å². The van der Waals surface area contributed by atoms with E-state index in [-0.39, 0.29) is 29.5 Å². The lowest BCUT2D eigenvalue weighted by Gasteiger charge is -2.01. The standard InChI is InChI=1S/C21H20O4/c1-14-11-18(22)7-3-16(14)5-9-20(24)13-21(25)10-6-17-4-8-19(23)12-15(17)2/h3-12,22-23H,13H2,1-2H3. The van der Waals surface area contributed by atoms with Gasteiger partial charge in [-0.1, -0.05) is 24.3 Å². The SMILES string of the molecule is Cc1cc(O)ccc1C=CC(=O)CC(=O)C=Cc1ccc(O)cc1C. The van der Waals surface area contributed by atoms with Gasteiger partial charge in [0.25, 0.3) is 0 Å². The zero-order chi connectivity index (χ0) is 18.4. The Bertz CT molecular complexity index is 789. The van der Waals surface area contributed by atoms with Crippen LogP contribution in [0.4, 0.5) is 0 Å². The highest BCUT2D eigenvalue weighted by molar-refractivity contribution is 6.10. The Hall–Kier alpha value is -3.14. The van der Waals surface area contributed by atoms with Crippen molar-refractivity contribution in [3.05, 3.63) is 70.8 Å². The molecule has 0 heterocycles.